The molecule has 2 amide bonds. The van der Waals surface area contributed by atoms with Gasteiger partial charge in [-0.25, -0.2) is 4.79 Å². The molecule has 0 aromatic heterocycles. The predicted octanol–water partition coefficient (Wildman–Crippen LogP) is 10.1. The van der Waals surface area contributed by atoms with Crippen LogP contribution in [0.5, 0.6) is 11.5 Å². The number of Topliss-reactive ketones (excluding diaryl/α,β-unsaturated/α-hetero) is 1. The first-order chi connectivity index (χ1) is 29.3. The number of aliphatic hydroxyl groups is 2. The molecule has 6 aliphatic rings. The summed E-state index contributed by atoms with van der Waals surface area (Å²) in [5, 5.41) is 27.8. The van der Waals surface area contributed by atoms with Crippen LogP contribution in [0.15, 0.2) is 127 Å². The number of allylic oxidation sites excluding steroid dienone is 4. The Labute approximate surface area is 360 Å². The third kappa shape index (κ3) is 6.46. The highest BCUT2D eigenvalue weighted by Gasteiger charge is 2.74. The Bertz CT molecular complexity index is 2360. The average Bonchev–Trinajstić information content (AvgIpc) is 3.56. The number of nitrogens with one attached hydrogen (secondary N) is 1. The number of rotatable bonds is 11. The first-order valence-electron chi connectivity index (χ1n) is 22.2. The maximum absolute atomic E-state index is 15.3. The zero-order chi connectivity index (χ0) is 42.8. The van der Waals surface area contributed by atoms with Gasteiger partial charge in [0.25, 0.3) is 0 Å². The van der Waals surface area contributed by atoms with E-state index in [1.54, 1.807) is 19.1 Å². The van der Waals surface area contributed by atoms with E-state index < -0.39 is 27.9 Å². The van der Waals surface area contributed by atoms with Gasteiger partial charge in [-0.3, -0.25) is 4.79 Å². The summed E-state index contributed by atoms with van der Waals surface area (Å²) in [6.45, 7) is 6.92. The standard InChI is InChI=1S/C53H60N2O6/c1-35(36-12-8-6-9-13-36)54-48(58)55(33-40-20-21-42(60-4)30-44(40)61-5)34-52(59)27-24-46-50(52,3)26-23-45-49(2)25-22-41(56)31-51(49)28-29-53(45,46)43(32-51)47(57)39-18-16-38(17-19-39)37-14-10-7-11-15-37/h6-21,28-30,32,35,41,45-46,56,59H,22-27,31,33-34H2,1-5H3,(H,54,58)/t35-,41?,45-,46-,49-,50+,51+,52-,53-/m1/s1. The third-order valence-electron chi connectivity index (χ3n) is 16.4. The minimum Gasteiger partial charge on any atom is -0.497 e. The molecule has 2 spiro atoms. The Morgan fingerprint density at radius 3 is 2.16 bits per heavy atom. The lowest BCUT2D eigenvalue weighted by Crippen LogP contribution is -2.67. The van der Waals surface area contributed by atoms with Crippen LogP contribution in [0, 0.1) is 33.5 Å². The van der Waals surface area contributed by atoms with Crippen LogP contribution in [0.2, 0.25) is 0 Å². The molecule has 0 heterocycles. The fourth-order valence-electron chi connectivity index (χ4n) is 13.0. The number of carbonyl (C=O) groups excluding carboxylic acids is 2. The Morgan fingerprint density at radius 2 is 1.46 bits per heavy atom. The highest BCUT2D eigenvalue weighted by Crippen LogP contribution is 2.78. The van der Waals surface area contributed by atoms with Gasteiger partial charge in [-0.05, 0) is 97.9 Å². The monoisotopic (exact) mass is 820 g/mol. The van der Waals surface area contributed by atoms with Gasteiger partial charge in [-0.1, -0.05) is 117 Å². The van der Waals surface area contributed by atoms with Crippen molar-refractivity contribution in [2.24, 2.45) is 33.5 Å². The van der Waals surface area contributed by atoms with Crippen molar-refractivity contribution in [3.8, 4) is 22.6 Å². The molecule has 0 radical (unpaired) electrons. The number of benzene rings is 4. The van der Waals surface area contributed by atoms with E-state index >= 15 is 4.79 Å². The maximum Gasteiger partial charge on any atom is 0.318 e. The molecule has 10 rings (SSSR count). The quantitative estimate of drug-likeness (QED) is 0.103. The van der Waals surface area contributed by atoms with Crippen LogP contribution in [0.4, 0.5) is 4.79 Å². The molecule has 0 saturated heterocycles. The maximum atomic E-state index is 15.3. The van der Waals surface area contributed by atoms with Crippen LogP contribution < -0.4 is 14.8 Å². The summed E-state index contributed by atoms with van der Waals surface area (Å²) in [4.78, 5) is 31.6. The van der Waals surface area contributed by atoms with E-state index in [0.29, 0.717) is 36.3 Å². The van der Waals surface area contributed by atoms with Crippen LogP contribution in [0.3, 0.4) is 0 Å². The SMILES string of the molecule is COc1ccc(CN(C[C@]2(O)CC[C@H]3[C@]45C=C[C@@]6(C=C4C(=O)c4ccc(-c7ccccc7)cc4)CC(O)CC[C@]6(C)[C@H]5CC[C@@]32C)C(=O)N[C@H](C)c2ccccc2)c(OC)c1. The minimum absolute atomic E-state index is 0.0256. The first kappa shape index (κ1) is 41.2. The number of urea groups is 1. The van der Waals surface area contributed by atoms with Gasteiger partial charge in [0.15, 0.2) is 5.78 Å². The van der Waals surface area contributed by atoms with Crippen LogP contribution in [-0.4, -0.2) is 59.4 Å². The number of carbonyl (C=O) groups is 2. The molecule has 61 heavy (non-hydrogen) atoms. The second-order valence-electron chi connectivity index (χ2n) is 19.2. The molecule has 4 aromatic carbocycles. The van der Waals surface area contributed by atoms with E-state index in [2.05, 4.69) is 49.5 Å². The molecule has 3 fully saturated rings. The van der Waals surface area contributed by atoms with Crippen LogP contribution in [0.25, 0.3) is 11.1 Å². The zero-order valence-electron chi connectivity index (χ0n) is 36.2. The van der Waals surface area contributed by atoms with E-state index in [0.717, 1.165) is 53.5 Å². The van der Waals surface area contributed by atoms with Gasteiger partial charge < -0.3 is 29.9 Å². The van der Waals surface area contributed by atoms with E-state index in [-0.39, 0.29) is 48.2 Å². The van der Waals surface area contributed by atoms with Gasteiger partial charge in [0.1, 0.15) is 11.5 Å². The molecule has 318 valence electrons. The van der Waals surface area contributed by atoms with Crippen LogP contribution in [0.1, 0.15) is 93.2 Å². The van der Waals surface area contributed by atoms with Gasteiger partial charge >= 0.3 is 6.03 Å². The van der Waals surface area contributed by atoms with Crippen molar-refractivity contribution < 1.29 is 29.3 Å². The Morgan fingerprint density at radius 1 is 0.803 bits per heavy atom. The molecular formula is C53H60N2O6. The fraction of sp³-hybridized carbons (Fsp3) is 0.434. The zero-order valence-corrected chi connectivity index (χ0v) is 36.2. The molecule has 2 bridgehead atoms. The van der Waals surface area contributed by atoms with Crippen molar-refractivity contribution in [2.75, 3.05) is 20.8 Å². The topological polar surface area (TPSA) is 108 Å². The van der Waals surface area contributed by atoms with Gasteiger partial charge in [-0.15, -0.1) is 0 Å². The molecule has 4 aromatic rings. The molecular weight excluding hydrogens is 761 g/mol. The molecule has 3 N–H and O–H groups in total. The smallest absolute Gasteiger partial charge is 0.318 e. The average molecular weight is 821 g/mol. The largest absolute Gasteiger partial charge is 0.497 e. The molecule has 0 aliphatic heterocycles. The van der Waals surface area contributed by atoms with Gasteiger partial charge in [0.05, 0.1) is 45.1 Å². The van der Waals surface area contributed by atoms with Crippen LogP contribution >= 0.6 is 0 Å². The van der Waals surface area contributed by atoms with Crippen LogP contribution in [-0.2, 0) is 6.54 Å². The molecule has 8 nitrogen and oxygen atoms in total. The number of amides is 2. The van der Waals surface area contributed by atoms with Gasteiger partial charge in [0.2, 0.25) is 0 Å². The first-order valence-corrected chi connectivity index (χ1v) is 22.2. The number of hydrogen-bond donors (Lipinski definition) is 3. The lowest BCUT2D eigenvalue weighted by atomic mass is 9.32. The summed E-state index contributed by atoms with van der Waals surface area (Å²) >= 11 is 0. The Hall–Kier alpha value is -5.18. The van der Waals surface area contributed by atoms with Crippen molar-refractivity contribution in [3.63, 3.8) is 0 Å². The normalized spacial score (nSPS) is 32.4. The van der Waals surface area contributed by atoms with E-state index in [1.165, 1.54) is 0 Å². The summed E-state index contributed by atoms with van der Waals surface area (Å²) in [7, 11) is 3.23. The number of fused-ring (bicyclic) bond motifs is 1. The van der Waals surface area contributed by atoms with Crippen molar-refractivity contribution in [3.05, 3.63) is 144 Å². The lowest BCUT2D eigenvalue weighted by Gasteiger charge is -2.71. The van der Waals surface area contributed by atoms with Gasteiger partial charge in [0, 0.05) is 39.0 Å². The second-order valence-corrected chi connectivity index (χ2v) is 19.2. The fourth-order valence-corrected chi connectivity index (χ4v) is 13.0. The number of ketones is 1. The Kier molecular flexibility index (Phi) is 10.3. The molecule has 1 unspecified atom stereocenters. The van der Waals surface area contributed by atoms with Crippen molar-refractivity contribution in [1.82, 2.24) is 10.2 Å². The molecule has 9 atom stereocenters. The lowest BCUT2D eigenvalue weighted by molar-refractivity contribution is -0.174. The van der Waals surface area contributed by atoms with Crippen molar-refractivity contribution >= 4 is 11.8 Å². The summed E-state index contributed by atoms with van der Waals surface area (Å²) in [5.41, 5.74) is 2.29. The van der Waals surface area contributed by atoms with Crippen molar-refractivity contribution in [1.29, 1.82) is 0 Å². The second kappa shape index (κ2) is 15.3. The molecule has 3 saturated carbocycles. The number of nitrogens with zero attached hydrogens (tertiary/aromatic N) is 1. The minimum atomic E-state index is -1.26. The Balaban J connectivity index is 1.09. The highest BCUT2D eigenvalue weighted by molar-refractivity contribution is 6.10. The number of hydrogen-bond acceptors (Lipinski definition) is 6. The molecule has 8 heteroatoms. The summed E-state index contributed by atoms with van der Waals surface area (Å²) in [6, 6.07) is 33.2. The van der Waals surface area contributed by atoms with Crippen molar-refractivity contribution in [2.45, 2.75) is 90.0 Å². The van der Waals surface area contributed by atoms with E-state index in [1.807, 2.05) is 97.9 Å². The van der Waals surface area contributed by atoms with Gasteiger partial charge in [-0.2, -0.15) is 0 Å². The summed E-state index contributed by atoms with van der Waals surface area (Å²) < 4.78 is 11.3. The van der Waals surface area contributed by atoms with E-state index in [4.69, 9.17) is 9.47 Å². The molecule has 6 aliphatic carbocycles. The highest BCUT2D eigenvalue weighted by atomic mass is 16.5. The van der Waals surface area contributed by atoms with E-state index in [9.17, 15) is 15.0 Å². The predicted molar refractivity (Wildman–Crippen MR) is 238 cm³/mol. The summed E-state index contributed by atoms with van der Waals surface area (Å²) in [5.74, 6) is 1.37. The number of ether oxygens (including phenoxy) is 2. The third-order valence-corrected chi connectivity index (χ3v) is 16.4. The number of aliphatic hydroxyl groups excluding tert-OH is 1. The number of methoxy groups -OCH3 is 2. The summed E-state index contributed by atoms with van der Waals surface area (Å²) in [6.07, 6.45) is 11.5.